The number of amides is 3. The number of carbonyl (C=O) groups excluding carboxylic acids is 2. The smallest absolute Gasteiger partial charge is 0.326 e. The van der Waals surface area contributed by atoms with Crippen LogP contribution in [0.4, 0.5) is 21.9 Å². The maximum absolute atomic E-state index is 13.1. The van der Waals surface area contributed by atoms with E-state index in [0.717, 1.165) is 60.1 Å². The molecule has 9 nitrogen and oxygen atoms in total. The van der Waals surface area contributed by atoms with E-state index in [1.165, 1.54) is 0 Å². The molecule has 0 saturated heterocycles. The van der Waals surface area contributed by atoms with Gasteiger partial charge in [-0.1, -0.05) is 19.3 Å². The largest absolute Gasteiger partial charge is 0.388 e. The second kappa shape index (κ2) is 11.7. The van der Waals surface area contributed by atoms with Gasteiger partial charge in [0.15, 0.2) is 0 Å². The third kappa shape index (κ3) is 6.45. The molecule has 0 radical (unpaired) electrons. The lowest BCUT2D eigenvalue weighted by Crippen LogP contribution is -2.35. The molecule has 0 aliphatic carbocycles. The summed E-state index contributed by atoms with van der Waals surface area (Å²) in [5.74, 6) is -0.356. The van der Waals surface area contributed by atoms with Gasteiger partial charge < -0.3 is 10.6 Å². The van der Waals surface area contributed by atoms with Crippen LogP contribution in [-0.4, -0.2) is 40.9 Å². The third-order valence-corrected chi connectivity index (χ3v) is 5.32. The van der Waals surface area contributed by atoms with Crippen LogP contribution in [0.3, 0.4) is 0 Å². The van der Waals surface area contributed by atoms with Crippen LogP contribution in [0.1, 0.15) is 38.5 Å². The number of unbranched alkanes of at least 4 members (excludes halogenated alkanes) is 4. The van der Waals surface area contributed by atoms with Crippen molar-refractivity contribution in [1.29, 1.82) is 0 Å². The molecule has 2 aromatic carbocycles. The highest BCUT2D eigenvalue weighted by Gasteiger charge is 2.16. The first-order valence-electron chi connectivity index (χ1n) is 10.8. The quantitative estimate of drug-likeness (QED) is 0.171. The van der Waals surface area contributed by atoms with Crippen molar-refractivity contribution in [2.24, 2.45) is 0 Å². The third-order valence-electron chi connectivity index (χ3n) is 5.32. The number of fused-ring (bicyclic) bond motifs is 1. The van der Waals surface area contributed by atoms with Crippen molar-refractivity contribution in [2.45, 2.75) is 38.5 Å². The molecular weight excluding hydrogens is 408 g/mol. The summed E-state index contributed by atoms with van der Waals surface area (Å²) in [6, 6.07) is 13.2. The molecule has 0 unspecified atom stereocenters. The lowest BCUT2D eigenvalue weighted by molar-refractivity contribution is -0.129. The molecule has 5 N–H and O–H groups in total. The van der Waals surface area contributed by atoms with Gasteiger partial charge >= 0.3 is 6.03 Å². The summed E-state index contributed by atoms with van der Waals surface area (Å²) in [5.41, 5.74) is 5.08. The number of nitrogens with zero attached hydrogens (tertiary/aromatic N) is 2. The Kier molecular flexibility index (Phi) is 8.44. The Morgan fingerprint density at radius 2 is 1.72 bits per heavy atom. The minimum Gasteiger partial charge on any atom is -0.388 e. The lowest BCUT2D eigenvalue weighted by atomic mass is 10.1. The van der Waals surface area contributed by atoms with E-state index in [9.17, 15) is 9.59 Å². The Bertz CT molecular complexity index is 1020. The van der Waals surface area contributed by atoms with E-state index in [4.69, 9.17) is 5.21 Å². The summed E-state index contributed by atoms with van der Waals surface area (Å²) in [6.07, 6.45) is 6.43. The average Bonchev–Trinajstić information content (AvgIpc) is 3.29. The molecule has 3 amide bonds. The van der Waals surface area contributed by atoms with E-state index >= 15 is 0 Å². The van der Waals surface area contributed by atoms with Crippen LogP contribution < -0.4 is 21.0 Å². The Morgan fingerprint density at radius 3 is 2.47 bits per heavy atom. The fourth-order valence-corrected chi connectivity index (χ4v) is 3.50. The molecule has 0 fully saturated rings. The van der Waals surface area contributed by atoms with E-state index in [-0.39, 0.29) is 11.9 Å². The van der Waals surface area contributed by atoms with Gasteiger partial charge in [-0.25, -0.2) is 10.3 Å². The first-order valence-corrected chi connectivity index (χ1v) is 10.8. The van der Waals surface area contributed by atoms with Gasteiger partial charge in [0.1, 0.15) is 0 Å². The van der Waals surface area contributed by atoms with Gasteiger partial charge in [-0.15, -0.1) is 0 Å². The van der Waals surface area contributed by atoms with Crippen molar-refractivity contribution >= 4 is 39.9 Å². The number of hydrogen-bond donors (Lipinski definition) is 5. The highest BCUT2D eigenvalue weighted by Crippen LogP contribution is 2.23. The summed E-state index contributed by atoms with van der Waals surface area (Å²) in [6.45, 7) is 0.570. The molecule has 0 saturated carbocycles. The van der Waals surface area contributed by atoms with Gasteiger partial charge in [-0.2, -0.15) is 5.10 Å². The van der Waals surface area contributed by atoms with Gasteiger partial charge in [0, 0.05) is 42.5 Å². The second-order valence-electron chi connectivity index (χ2n) is 7.60. The van der Waals surface area contributed by atoms with Crippen LogP contribution in [0.5, 0.6) is 0 Å². The number of H-pyrrole nitrogens is 1. The minimum atomic E-state index is -0.356. The van der Waals surface area contributed by atoms with E-state index in [1.807, 2.05) is 49.5 Å². The average molecular weight is 439 g/mol. The Balaban J connectivity index is 1.61. The molecular formula is C23H30N6O3. The Hall–Kier alpha value is -3.59. The molecule has 3 aromatic rings. The topological polar surface area (TPSA) is 122 Å². The first kappa shape index (κ1) is 23.1. The van der Waals surface area contributed by atoms with E-state index in [0.29, 0.717) is 13.0 Å². The van der Waals surface area contributed by atoms with Crippen LogP contribution in [0.15, 0.2) is 48.7 Å². The van der Waals surface area contributed by atoms with Crippen LogP contribution >= 0.6 is 0 Å². The van der Waals surface area contributed by atoms with Crippen molar-refractivity contribution in [3.8, 4) is 0 Å². The van der Waals surface area contributed by atoms with Gasteiger partial charge in [0.05, 0.1) is 11.7 Å². The van der Waals surface area contributed by atoms with Crippen LogP contribution in [-0.2, 0) is 4.79 Å². The number of carbonyl (C=O) groups is 2. The van der Waals surface area contributed by atoms with Crippen molar-refractivity contribution in [3.63, 3.8) is 0 Å². The molecule has 0 aliphatic rings. The van der Waals surface area contributed by atoms with Gasteiger partial charge in [-0.3, -0.25) is 20.0 Å². The van der Waals surface area contributed by atoms with Crippen molar-refractivity contribution in [3.05, 3.63) is 48.7 Å². The molecule has 1 heterocycles. The first-order chi connectivity index (χ1) is 15.6. The molecule has 0 atom stereocenters. The SMILES string of the molecule is CNc1ccc(NC(=O)N(CCCCCCCC(=O)NO)c2ccc3[nH]ncc3c2)cc1. The number of aromatic nitrogens is 2. The standard InChI is InChI=1S/C23H30N6O3/c1-24-18-8-10-19(11-9-18)26-23(31)29(14-6-4-2-3-5-7-22(30)28-32)20-12-13-21-17(15-20)16-25-27-21/h8-13,15-16,24,32H,2-7,14H2,1H3,(H,25,27)(H,26,31)(H,28,30). The molecule has 1 aromatic heterocycles. The fraction of sp³-hybridized carbons (Fsp3) is 0.348. The summed E-state index contributed by atoms with van der Waals surface area (Å²) >= 11 is 0. The van der Waals surface area contributed by atoms with Crippen LogP contribution in [0.2, 0.25) is 0 Å². The molecule has 0 bridgehead atoms. The maximum Gasteiger partial charge on any atom is 0.326 e. The molecule has 9 heteroatoms. The number of aromatic amines is 1. The highest BCUT2D eigenvalue weighted by molar-refractivity contribution is 6.02. The predicted molar refractivity (Wildman–Crippen MR) is 126 cm³/mol. The maximum atomic E-state index is 13.1. The van der Waals surface area contributed by atoms with Gasteiger partial charge in [-0.05, 0) is 55.3 Å². The molecule has 0 spiro atoms. The van der Waals surface area contributed by atoms with Gasteiger partial charge in [0.25, 0.3) is 0 Å². The summed E-state index contributed by atoms with van der Waals surface area (Å²) < 4.78 is 0. The number of rotatable bonds is 11. The van der Waals surface area contributed by atoms with Crippen molar-refractivity contribution in [1.82, 2.24) is 15.7 Å². The van der Waals surface area contributed by atoms with Crippen LogP contribution in [0, 0.1) is 0 Å². The van der Waals surface area contributed by atoms with E-state index in [1.54, 1.807) is 16.6 Å². The monoisotopic (exact) mass is 438 g/mol. The molecule has 3 rings (SSSR count). The zero-order valence-electron chi connectivity index (χ0n) is 18.2. The van der Waals surface area contributed by atoms with E-state index in [2.05, 4.69) is 20.8 Å². The lowest BCUT2D eigenvalue weighted by Gasteiger charge is -2.23. The second-order valence-corrected chi connectivity index (χ2v) is 7.60. The normalized spacial score (nSPS) is 10.7. The van der Waals surface area contributed by atoms with Crippen molar-refractivity contribution < 1.29 is 14.8 Å². The Labute approximate surface area is 187 Å². The zero-order valence-corrected chi connectivity index (χ0v) is 18.2. The number of nitrogens with one attached hydrogen (secondary N) is 4. The number of hydroxylamine groups is 1. The molecule has 0 aliphatic heterocycles. The zero-order chi connectivity index (χ0) is 22.8. The predicted octanol–water partition coefficient (Wildman–Crippen LogP) is 4.49. The fourth-order valence-electron chi connectivity index (χ4n) is 3.50. The molecule has 170 valence electrons. The van der Waals surface area contributed by atoms with Crippen molar-refractivity contribution in [2.75, 3.05) is 29.1 Å². The number of benzene rings is 2. The number of anilines is 3. The van der Waals surface area contributed by atoms with Gasteiger partial charge in [0.2, 0.25) is 5.91 Å². The number of urea groups is 1. The number of hydrogen-bond acceptors (Lipinski definition) is 5. The minimum absolute atomic E-state index is 0.190. The highest BCUT2D eigenvalue weighted by atomic mass is 16.5. The Morgan fingerprint density at radius 1 is 1.00 bits per heavy atom. The molecule has 32 heavy (non-hydrogen) atoms. The summed E-state index contributed by atoms with van der Waals surface area (Å²) in [5, 5.41) is 22.5. The van der Waals surface area contributed by atoms with Crippen LogP contribution in [0.25, 0.3) is 10.9 Å². The van der Waals surface area contributed by atoms with E-state index < -0.39 is 0 Å². The summed E-state index contributed by atoms with van der Waals surface area (Å²) in [7, 11) is 1.85. The summed E-state index contributed by atoms with van der Waals surface area (Å²) in [4.78, 5) is 25.9.